The van der Waals surface area contributed by atoms with Crippen LogP contribution < -0.4 is 10.6 Å². The van der Waals surface area contributed by atoms with E-state index in [1.54, 1.807) is 6.92 Å². The van der Waals surface area contributed by atoms with E-state index in [-0.39, 0.29) is 30.2 Å². The van der Waals surface area contributed by atoms with Crippen LogP contribution in [0.15, 0.2) is 18.2 Å². The molecule has 6 nitrogen and oxygen atoms in total. The van der Waals surface area contributed by atoms with E-state index in [4.69, 9.17) is 0 Å². The molecule has 0 bridgehead atoms. The van der Waals surface area contributed by atoms with Gasteiger partial charge in [0.25, 0.3) is 5.69 Å². The SMILES string of the molecule is CCNC(=O)CCNc1ccc(F)cc1[N+](=O)[O-]. The first-order valence-corrected chi connectivity index (χ1v) is 5.49. The summed E-state index contributed by atoms with van der Waals surface area (Å²) in [5, 5.41) is 16.0. The maximum atomic E-state index is 12.9. The predicted molar refractivity (Wildman–Crippen MR) is 64.8 cm³/mol. The lowest BCUT2D eigenvalue weighted by Crippen LogP contribution is -2.24. The summed E-state index contributed by atoms with van der Waals surface area (Å²) in [6.07, 6.45) is 0.197. The average Bonchev–Trinajstić information content (AvgIpc) is 2.31. The highest BCUT2D eigenvalue weighted by Crippen LogP contribution is 2.24. The first-order valence-electron chi connectivity index (χ1n) is 5.49. The molecular weight excluding hydrogens is 241 g/mol. The van der Waals surface area contributed by atoms with Gasteiger partial charge in [-0.15, -0.1) is 0 Å². The van der Waals surface area contributed by atoms with E-state index in [0.29, 0.717) is 6.54 Å². The van der Waals surface area contributed by atoms with Crippen molar-refractivity contribution in [3.8, 4) is 0 Å². The van der Waals surface area contributed by atoms with Crippen LogP contribution in [0, 0.1) is 15.9 Å². The van der Waals surface area contributed by atoms with Gasteiger partial charge in [0.2, 0.25) is 5.91 Å². The lowest BCUT2D eigenvalue weighted by molar-refractivity contribution is -0.384. The lowest BCUT2D eigenvalue weighted by atomic mass is 10.2. The molecule has 0 fully saturated rings. The fourth-order valence-corrected chi connectivity index (χ4v) is 1.40. The smallest absolute Gasteiger partial charge is 0.295 e. The van der Waals surface area contributed by atoms with E-state index in [9.17, 15) is 19.3 Å². The van der Waals surface area contributed by atoms with Gasteiger partial charge >= 0.3 is 0 Å². The highest BCUT2D eigenvalue weighted by atomic mass is 19.1. The standard InChI is InChI=1S/C11H14FN3O3/c1-2-13-11(16)5-6-14-9-4-3-8(12)7-10(9)15(17)18/h3-4,7,14H,2,5-6H2,1H3,(H,13,16). The number of halogens is 1. The van der Waals surface area contributed by atoms with Crippen LogP contribution in [0.4, 0.5) is 15.8 Å². The summed E-state index contributed by atoms with van der Waals surface area (Å²) >= 11 is 0. The Morgan fingerprint density at radius 1 is 1.50 bits per heavy atom. The second kappa shape index (κ2) is 6.53. The van der Waals surface area contributed by atoms with E-state index < -0.39 is 10.7 Å². The van der Waals surface area contributed by atoms with Gasteiger partial charge in [-0.1, -0.05) is 0 Å². The molecule has 0 spiro atoms. The first kappa shape index (κ1) is 13.9. The Bertz CT molecular complexity index is 451. The van der Waals surface area contributed by atoms with Crippen molar-refractivity contribution >= 4 is 17.3 Å². The third kappa shape index (κ3) is 4.00. The van der Waals surface area contributed by atoms with Crippen LogP contribution in [0.2, 0.25) is 0 Å². The number of hydrogen-bond donors (Lipinski definition) is 2. The van der Waals surface area contributed by atoms with Gasteiger partial charge in [0.05, 0.1) is 11.0 Å². The molecule has 1 rings (SSSR count). The van der Waals surface area contributed by atoms with Crippen molar-refractivity contribution < 1.29 is 14.1 Å². The summed E-state index contributed by atoms with van der Waals surface area (Å²) < 4.78 is 12.9. The molecular formula is C11H14FN3O3. The summed E-state index contributed by atoms with van der Waals surface area (Å²) in [6.45, 7) is 2.59. The Balaban J connectivity index is 2.62. The minimum absolute atomic E-state index is 0.144. The Hall–Kier alpha value is -2.18. The van der Waals surface area contributed by atoms with Crippen molar-refractivity contribution in [3.05, 3.63) is 34.1 Å². The van der Waals surface area contributed by atoms with Crippen molar-refractivity contribution in [2.75, 3.05) is 18.4 Å². The number of hydrogen-bond acceptors (Lipinski definition) is 4. The molecule has 1 aromatic rings. The third-order valence-corrected chi connectivity index (χ3v) is 2.20. The molecule has 0 unspecified atom stereocenters. The van der Waals surface area contributed by atoms with E-state index in [1.165, 1.54) is 6.07 Å². The molecule has 0 aliphatic heterocycles. The third-order valence-electron chi connectivity index (χ3n) is 2.20. The number of carbonyl (C=O) groups is 1. The highest BCUT2D eigenvalue weighted by Gasteiger charge is 2.14. The molecule has 0 aliphatic rings. The average molecular weight is 255 g/mol. The Morgan fingerprint density at radius 2 is 2.22 bits per heavy atom. The van der Waals surface area contributed by atoms with Gasteiger partial charge < -0.3 is 10.6 Å². The zero-order valence-corrected chi connectivity index (χ0v) is 9.90. The number of anilines is 1. The van der Waals surface area contributed by atoms with Crippen LogP contribution in [-0.2, 0) is 4.79 Å². The van der Waals surface area contributed by atoms with Crippen molar-refractivity contribution in [2.24, 2.45) is 0 Å². The van der Waals surface area contributed by atoms with Crippen molar-refractivity contribution in [2.45, 2.75) is 13.3 Å². The van der Waals surface area contributed by atoms with Gasteiger partial charge in [-0.25, -0.2) is 4.39 Å². The molecule has 0 saturated heterocycles. The Kier molecular flexibility index (Phi) is 5.04. The summed E-state index contributed by atoms with van der Waals surface area (Å²) in [5.41, 5.74) is -0.142. The van der Waals surface area contributed by atoms with Gasteiger partial charge in [0.15, 0.2) is 0 Å². The highest BCUT2D eigenvalue weighted by molar-refractivity contribution is 5.76. The normalized spacial score (nSPS) is 9.89. The summed E-state index contributed by atoms with van der Waals surface area (Å²) in [7, 11) is 0. The minimum Gasteiger partial charge on any atom is -0.379 e. The number of nitrogens with one attached hydrogen (secondary N) is 2. The zero-order valence-electron chi connectivity index (χ0n) is 9.90. The second-order valence-electron chi connectivity index (χ2n) is 3.55. The van der Waals surface area contributed by atoms with Gasteiger partial charge in [-0.3, -0.25) is 14.9 Å². The van der Waals surface area contributed by atoms with Crippen LogP contribution in [-0.4, -0.2) is 23.9 Å². The molecule has 0 radical (unpaired) electrons. The van der Waals surface area contributed by atoms with Crippen LogP contribution in [0.3, 0.4) is 0 Å². The molecule has 1 amide bonds. The monoisotopic (exact) mass is 255 g/mol. The largest absolute Gasteiger partial charge is 0.379 e. The fraction of sp³-hybridized carbons (Fsp3) is 0.364. The topological polar surface area (TPSA) is 84.3 Å². The molecule has 0 atom stereocenters. The molecule has 98 valence electrons. The van der Waals surface area contributed by atoms with E-state index in [1.807, 2.05) is 0 Å². The van der Waals surface area contributed by atoms with Crippen LogP contribution in [0.1, 0.15) is 13.3 Å². The molecule has 0 aromatic heterocycles. The van der Waals surface area contributed by atoms with E-state index in [2.05, 4.69) is 10.6 Å². The number of benzene rings is 1. The van der Waals surface area contributed by atoms with Crippen LogP contribution in [0.5, 0.6) is 0 Å². The molecule has 7 heteroatoms. The molecule has 0 saturated carbocycles. The number of nitro benzene ring substituents is 1. The summed E-state index contributed by atoms with van der Waals surface area (Å²) in [4.78, 5) is 21.2. The summed E-state index contributed by atoms with van der Waals surface area (Å²) in [6, 6.07) is 3.25. The van der Waals surface area contributed by atoms with Gasteiger partial charge in [0, 0.05) is 19.5 Å². The number of nitrogens with zero attached hydrogens (tertiary/aromatic N) is 1. The lowest BCUT2D eigenvalue weighted by Gasteiger charge is -2.07. The number of amides is 1. The summed E-state index contributed by atoms with van der Waals surface area (Å²) in [5.74, 6) is -0.814. The molecule has 0 aliphatic carbocycles. The van der Waals surface area contributed by atoms with Gasteiger partial charge in [-0.05, 0) is 19.1 Å². The van der Waals surface area contributed by atoms with E-state index >= 15 is 0 Å². The zero-order chi connectivity index (χ0) is 13.5. The fourth-order valence-electron chi connectivity index (χ4n) is 1.40. The molecule has 0 heterocycles. The molecule has 1 aromatic carbocycles. The second-order valence-corrected chi connectivity index (χ2v) is 3.55. The van der Waals surface area contributed by atoms with E-state index in [0.717, 1.165) is 12.1 Å². The maximum absolute atomic E-state index is 12.9. The van der Waals surface area contributed by atoms with Gasteiger partial charge in [-0.2, -0.15) is 0 Å². The van der Waals surface area contributed by atoms with Crippen molar-refractivity contribution in [1.29, 1.82) is 0 Å². The number of carbonyl (C=O) groups excluding carboxylic acids is 1. The van der Waals surface area contributed by atoms with Crippen molar-refractivity contribution in [3.63, 3.8) is 0 Å². The Labute approximate surface area is 103 Å². The Morgan fingerprint density at radius 3 is 2.83 bits per heavy atom. The quantitative estimate of drug-likeness (QED) is 0.598. The predicted octanol–water partition coefficient (Wildman–Crippen LogP) is 1.67. The molecule has 2 N–H and O–H groups in total. The number of rotatable bonds is 6. The minimum atomic E-state index is -0.670. The molecule has 18 heavy (non-hydrogen) atoms. The first-order chi connectivity index (χ1) is 8.54. The maximum Gasteiger partial charge on any atom is 0.295 e. The van der Waals surface area contributed by atoms with Crippen LogP contribution in [0.25, 0.3) is 0 Å². The number of nitro groups is 1. The van der Waals surface area contributed by atoms with Gasteiger partial charge in [0.1, 0.15) is 11.5 Å². The van der Waals surface area contributed by atoms with Crippen LogP contribution >= 0.6 is 0 Å². The van der Waals surface area contributed by atoms with Crippen molar-refractivity contribution in [1.82, 2.24) is 5.32 Å².